The van der Waals surface area contributed by atoms with Gasteiger partial charge in [-0.25, -0.2) is 9.97 Å². The molecule has 154 valence electrons. The van der Waals surface area contributed by atoms with Crippen LogP contribution >= 0.6 is 0 Å². The van der Waals surface area contributed by atoms with Crippen LogP contribution < -0.4 is 20.5 Å². The van der Waals surface area contributed by atoms with Gasteiger partial charge in [0.25, 0.3) is 0 Å². The third-order valence-corrected chi connectivity index (χ3v) is 5.21. The number of methoxy groups -OCH3 is 2. The molecular formula is C21H27N5O3. The molecule has 0 spiro atoms. The van der Waals surface area contributed by atoms with Crippen molar-refractivity contribution in [2.75, 3.05) is 44.9 Å². The minimum atomic E-state index is -0.00568. The van der Waals surface area contributed by atoms with Gasteiger partial charge in [-0.05, 0) is 37.0 Å². The van der Waals surface area contributed by atoms with Gasteiger partial charge in [-0.2, -0.15) is 0 Å². The quantitative estimate of drug-likeness (QED) is 0.692. The van der Waals surface area contributed by atoms with Gasteiger partial charge in [0.15, 0.2) is 0 Å². The zero-order chi connectivity index (χ0) is 20.8. The summed E-state index contributed by atoms with van der Waals surface area (Å²) in [5.41, 5.74) is 7.68. The number of likely N-dealkylation sites (tertiary alicyclic amines) is 1. The summed E-state index contributed by atoms with van der Waals surface area (Å²) >= 11 is 0. The van der Waals surface area contributed by atoms with Crippen LogP contribution in [-0.2, 0) is 4.79 Å². The number of carbonyl (C=O) groups is 1. The average molecular weight is 397 g/mol. The maximum absolute atomic E-state index is 11.7. The molecule has 1 saturated heterocycles. The SMILES string of the molecule is C=CC(=O)N1CCC(CNc2ncnc(N)c2-c2ccc(OC)cc2OC)CC1. The lowest BCUT2D eigenvalue weighted by molar-refractivity contribution is -0.127. The van der Waals surface area contributed by atoms with Crippen molar-refractivity contribution in [1.29, 1.82) is 0 Å². The minimum Gasteiger partial charge on any atom is -0.497 e. The van der Waals surface area contributed by atoms with Gasteiger partial charge in [0.2, 0.25) is 5.91 Å². The molecule has 0 aliphatic carbocycles. The van der Waals surface area contributed by atoms with Crippen molar-refractivity contribution >= 4 is 17.5 Å². The Hall–Kier alpha value is -3.29. The van der Waals surface area contributed by atoms with E-state index in [1.807, 2.05) is 17.0 Å². The molecule has 1 aromatic carbocycles. The second-order valence-corrected chi connectivity index (χ2v) is 6.90. The van der Waals surface area contributed by atoms with E-state index in [4.69, 9.17) is 15.2 Å². The molecule has 1 fully saturated rings. The maximum atomic E-state index is 11.7. The van der Waals surface area contributed by atoms with Gasteiger partial charge in [0.05, 0.1) is 19.8 Å². The van der Waals surface area contributed by atoms with Crippen LogP contribution in [-0.4, -0.2) is 54.6 Å². The molecule has 0 saturated carbocycles. The zero-order valence-electron chi connectivity index (χ0n) is 16.9. The average Bonchev–Trinajstić information content (AvgIpc) is 2.77. The molecule has 1 aromatic heterocycles. The van der Waals surface area contributed by atoms with Gasteiger partial charge < -0.3 is 25.4 Å². The molecule has 1 amide bonds. The molecule has 8 heteroatoms. The van der Waals surface area contributed by atoms with E-state index >= 15 is 0 Å². The fraction of sp³-hybridized carbons (Fsp3) is 0.381. The van der Waals surface area contributed by atoms with Crippen LogP contribution in [0.3, 0.4) is 0 Å². The third-order valence-electron chi connectivity index (χ3n) is 5.21. The van der Waals surface area contributed by atoms with Crippen LogP contribution in [0.1, 0.15) is 12.8 Å². The summed E-state index contributed by atoms with van der Waals surface area (Å²) in [6, 6.07) is 5.54. The van der Waals surface area contributed by atoms with Crippen molar-refractivity contribution in [3.63, 3.8) is 0 Å². The molecule has 2 heterocycles. The number of benzene rings is 1. The summed E-state index contributed by atoms with van der Waals surface area (Å²) in [5, 5.41) is 3.42. The number of ether oxygens (including phenoxy) is 2. The minimum absolute atomic E-state index is 0.00568. The van der Waals surface area contributed by atoms with Gasteiger partial charge in [-0.15, -0.1) is 0 Å². The Kier molecular flexibility index (Phi) is 6.54. The summed E-state index contributed by atoms with van der Waals surface area (Å²) in [6.45, 7) is 5.77. The lowest BCUT2D eigenvalue weighted by atomic mass is 9.96. The number of nitrogens with two attached hydrogens (primary N) is 1. The van der Waals surface area contributed by atoms with Gasteiger partial charge in [0.1, 0.15) is 29.5 Å². The molecular weight excluding hydrogens is 370 g/mol. The van der Waals surface area contributed by atoms with E-state index < -0.39 is 0 Å². The Labute approximate surface area is 170 Å². The maximum Gasteiger partial charge on any atom is 0.245 e. The highest BCUT2D eigenvalue weighted by Gasteiger charge is 2.22. The number of anilines is 2. The first-order valence-corrected chi connectivity index (χ1v) is 9.55. The monoisotopic (exact) mass is 397 g/mol. The van der Waals surface area contributed by atoms with E-state index in [1.54, 1.807) is 20.3 Å². The number of piperidine rings is 1. The van der Waals surface area contributed by atoms with Crippen LogP contribution in [0, 0.1) is 5.92 Å². The first kappa shape index (κ1) is 20.4. The van der Waals surface area contributed by atoms with Gasteiger partial charge >= 0.3 is 0 Å². The van der Waals surface area contributed by atoms with Crippen molar-refractivity contribution in [1.82, 2.24) is 14.9 Å². The van der Waals surface area contributed by atoms with E-state index in [1.165, 1.54) is 12.4 Å². The predicted molar refractivity (Wildman–Crippen MR) is 113 cm³/mol. The summed E-state index contributed by atoms with van der Waals surface area (Å²) in [4.78, 5) is 22.1. The molecule has 0 bridgehead atoms. The molecule has 1 aliphatic heterocycles. The lowest BCUT2D eigenvalue weighted by Gasteiger charge is -2.31. The number of aromatic nitrogens is 2. The number of hydrogen-bond donors (Lipinski definition) is 2. The molecule has 0 radical (unpaired) electrons. The predicted octanol–water partition coefficient (Wildman–Crippen LogP) is 2.58. The summed E-state index contributed by atoms with van der Waals surface area (Å²) in [7, 11) is 3.21. The molecule has 3 rings (SSSR count). The van der Waals surface area contributed by atoms with Gasteiger partial charge in [-0.3, -0.25) is 4.79 Å². The number of carbonyl (C=O) groups excluding carboxylic acids is 1. The van der Waals surface area contributed by atoms with Gasteiger partial charge in [-0.1, -0.05) is 6.58 Å². The first-order valence-electron chi connectivity index (χ1n) is 9.55. The number of hydrogen-bond acceptors (Lipinski definition) is 7. The van der Waals surface area contributed by atoms with E-state index in [0.717, 1.165) is 38.0 Å². The number of nitrogen functional groups attached to an aromatic ring is 1. The largest absolute Gasteiger partial charge is 0.497 e. The van der Waals surface area contributed by atoms with E-state index in [0.29, 0.717) is 34.6 Å². The summed E-state index contributed by atoms with van der Waals surface area (Å²) in [6.07, 6.45) is 4.67. The molecule has 1 aliphatic rings. The Balaban J connectivity index is 1.76. The summed E-state index contributed by atoms with van der Waals surface area (Å²) in [5.74, 6) is 2.78. The van der Waals surface area contributed by atoms with Crippen molar-refractivity contribution in [3.8, 4) is 22.6 Å². The molecule has 0 unspecified atom stereocenters. The number of nitrogens with zero attached hydrogens (tertiary/aromatic N) is 3. The Morgan fingerprint density at radius 2 is 2.07 bits per heavy atom. The van der Waals surface area contributed by atoms with Crippen LogP contribution in [0.15, 0.2) is 37.2 Å². The second kappa shape index (κ2) is 9.27. The fourth-order valence-corrected chi connectivity index (χ4v) is 3.53. The molecule has 8 nitrogen and oxygen atoms in total. The highest BCUT2D eigenvalue weighted by molar-refractivity contribution is 5.87. The van der Waals surface area contributed by atoms with Crippen molar-refractivity contribution < 1.29 is 14.3 Å². The topological polar surface area (TPSA) is 103 Å². The standard InChI is InChI=1S/C21H27N5O3/c1-4-18(27)26-9-7-14(8-10-26)12-23-21-19(20(22)24-13-25-21)16-6-5-15(28-2)11-17(16)29-3/h4-6,11,13-14H,1,7-10,12H2,2-3H3,(H3,22,23,24,25). The van der Waals surface area contributed by atoms with Crippen molar-refractivity contribution in [3.05, 3.63) is 37.2 Å². The zero-order valence-corrected chi connectivity index (χ0v) is 16.9. The van der Waals surface area contributed by atoms with E-state index in [-0.39, 0.29) is 5.91 Å². The van der Waals surface area contributed by atoms with E-state index in [9.17, 15) is 4.79 Å². The van der Waals surface area contributed by atoms with Crippen LogP contribution in [0.4, 0.5) is 11.6 Å². The molecule has 3 N–H and O–H groups in total. The normalized spacial score (nSPS) is 14.3. The van der Waals surface area contributed by atoms with Crippen molar-refractivity contribution in [2.24, 2.45) is 5.92 Å². The fourth-order valence-electron chi connectivity index (χ4n) is 3.53. The van der Waals surface area contributed by atoms with Crippen LogP contribution in [0.2, 0.25) is 0 Å². The number of rotatable bonds is 7. The molecule has 29 heavy (non-hydrogen) atoms. The molecule has 2 aromatic rings. The van der Waals surface area contributed by atoms with Crippen LogP contribution in [0.5, 0.6) is 11.5 Å². The Morgan fingerprint density at radius 3 is 2.72 bits per heavy atom. The second-order valence-electron chi connectivity index (χ2n) is 6.90. The summed E-state index contributed by atoms with van der Waals surface area (Å²) < 4.78 is 10.8. The Morgan fingerprint density at radius 1 is 1.31 bits per heavy atom. The highest BCUT2D eigenvalue weighted by atomic mass is 16.5. The first-order chi connectivity index (χ1) is 14.1. The van der Waals surface area contributed by atoms with Gasteiger partial charge in [0, 0.05) is 31.3 Å². The number of nitrogens with one attached hydrogen (secondary N) is 1. The van der Waals surface area contributed by atoms with Crippen LogP contribution in [0.25, 0.3) is 11.1 Å². The van der Waals surface area contributed by atoms with E-state index in [2.05, 4.69) is 21.9 Å². The Bertz CT molecular complexity index is 879. The van der Waals surface area contributed by atoms with Crippen molar-refractivity contribution in [2.45, 2.75) is 12.8 Å². The number of amides is 1. The highest BCUT2D eigenvalue weighted by Crippen LogP contribution is 2.39. The molecule has 0 atom stereocenters. The third kappa shape index (κ3) is 4.59. The smallest absolute Gasteiger partial charge is 0.245 e. The lowest BCUT2D eigenvalue weighted by Crippen LogP contribution is -2.39.